The molecule has 0 aromatic heterocycles. The monoisotopic (exact) mass is 391 g/mol. The fourth-order valence-corrected chi connectivity index (χ4v) is 2.21. The Bertz CT molecular complexity index is 793. The number of carbonyl (C=O) groups excluding carboxylic acids is 2. The minimum Gasteiger partial charge on any atom is -0.504 e. The van der Waals surface area contributed by atoms with Gasteiger partial charge in [0.1, 0.15) is 0 Å². The first-order chi connectivity index (χ1) is 11.5. The Kier molecular flexibility index (Phi) is 5.91. The smallest absolute Gasteiger partial charge is 0.259 e. The van der Waals surface area contributed by atoms with Crippen molar-refractivity contribution in [3.8, 4) is 11.5 Å². The van der Waals surface area contributed by atoms with Crippen LogP contribution in [0, 0.1) is 0 Å². The van der Waals surface area contributed by atoms with Crippen LogP contribution in [0.2, 0.25) is 0 Å². The summed E-state index contributed by atoms with van der Waals surface area (Å²) in [5.41, 5.74) is 3.16. The van der Waals surface area contributed by atoms with Crippen LogP contribution in [-0.2, 0) is 4.79 Å². The van der Waals surface area contributed by atoms with Crippen LogP contribution in [0.15, 0.2) is 52.0 Å². The van der Waals surface area contributed by atoms with Crippen molar-refractivity contribution < 1.29 is 19.8 Å². The first-order valence-corrected chi connectivity index (χ1v) is 7.63. The average Bonchev–Trinajstić information content (AvgIpc) is 2.56. The Morgan fingerprint density at radius 1 is 1.12 bits per heavy atom. The molecule has 2 rings (SSSR count). The van der Waals surface area contributed by atoms with Gasteiger partial charge in [0.25, 0.3) is 11.8 Å². The van der Waals surface area contributed by atoms with E-state index in [4.69, 9.17) is 0 Å². The fourth-order valence-electron chi connectivity index (χ4n) is 1.74. The molecule has 7 nitrogen and oxygen atoms in total. The van der Waals surface area contributed by atoms with Gasteiger partial charge in [0, 0.05) is 4.47 Å². The summed E-state index contributed by atoms with van der Waals surface area (Å²) >= 11 is 3.26. The SMILES string of the molecule is O=C(CNC(=O)c1ccccc1Br)NN=Cc1ccc(O)c(O)c1. The maximum atomic E-state index is 11.9. The van der Waals surface area contributed by atoms with E-state index < -0.39 is 5.91 Å². The van der Waals surface area contributed by atoms with Crippen molar-refractivity contribution in [3.63, 3.8) is 0 Å². The number of nitrogens with zero attached hydrogens (tertiary/aromatic N) is 1. The van der Waals surface area contributed by atoms with Gasteiger partial charge in [0.15, 0.2) is 11.5 Å². The number of nitrogens with one attached hydrogen (secondary N) is 2. The van der Waals surface area contributed by atoms with E-state index in [1.165, 1.54) is 24.4 Å². The van der Waals surface area contributed by atoms with E-state index in [9.17, 15) is 19.8 Å². The molecule has 0 fully saturated rings. The maximum Gasteiger partial charge on any atom is 0.259 e. The lowest BCUT2D eigenvalue weighted by Crippen LogP contribution is -2.35. The van der Waals surface area contributed by atoms with Crippen LogP contribution in [0.3, 0.4) is 0 Å². The minimum absolute atomic E-state index is 0.238. The van der Waals surface area contributed by atoms with Gasteiger partial charge < -0.3 is 15.5 Å². The molecule has 0 saturated heterocycles. The van der Waals surface area contributed by atoms with Crippen LogP contribution >= 0.6 is 15.9 Å². The highest BCUT2D eigenvalue weighted by molar-refractivity contribution is 9.10. The Morgan fingerprint density at radius 3 is 2.58 bits per heavy atom. The molecule has 4 N–H and O–H groups in total. The number of hydrogen-bond acceptors (Lipinski definition) is 5. The number of phenolic OH excluding ortho intramolecular Hbond substituents is 2. The first-order valence-electron chi connectivity index (χ1n) is 6.84. The normalized spacial score (nSPS) is 10.5. The number of carbonyl (C=O) groups is 2. The lowest BCUT2D eigenvalue weighted by molar-refractivity contribution is -0.120. The van der Waals surface area contributed by atoms with Gasteiger partial charge in [-0.3, -0.25) is 9.59 Å². The fraction of sp³-hybridized carbons (Fsp3) is 0.0625. The molecule has 0 spiro atoms. The molecule has 2 aromatic carbocycles. The van der Waals surface area contributed by atoms with Crippen molar-refractivity contribution in [1.82, 2.24) is 10.7 Å². The van der Waals surface area contributed by atoms with Crippen LogP contribution in [0.5, 0.6) is 11.5 Å². The predicted molar refractivity (Wildman–Crippen MR) is 92.0 cm³/mol. The third kappa shape index (κ3) is 4.82. The van der Waals surface area contributed by atoms with Crippen molar-refractivity contribution in [3.05, 3.63) is 58.1 Å². The molecule has 0 bridgehead atoms. The van der Waals surface area contributed by atoms with E-state index in [2.05, 4.69) is 31.8 Å². The lowest BCUT2D eigenvalue weighted by atomic mass is 10.2. The molecule has 0 aliphatic rings. The van der Waals surface area contributed by atoms with E-state index in [1.807, 2.05) is 0 Å². The second kappa shape index (κ2) is 8.11. The number of hydrazone groups is 1. The van der Waals surface area contributed by atoms with Crippen LogP contribution in [0.25, 0.3) is 0 Å². The third-order valence-corrected chi connectivity index (χ3v) is 3.62. The number of amides is 2. The number of benzene rings is 2. The molecule has 24 heavy (non-hydrogen) atoms. The minimum atomic E-state index is -0.505. The molecule has 0 unspecified atom stereocenters. The summed E-state index contributed by atoms with van der Waals surface area (Å²) in [6.07, 6.45) is 1.30. The number of halogens is 1. The summed E-state index contributed by atoms with van der Waals surface area (Å²) in [6, 6.07) is 11.0. The summed E-state index contributed by atoms with van der Waals surface area (Å²) < 4.78 is 0.632. The van der Waals surface area contributed by atoms with Crippen LogP contribution in [-0.4, -0.2) is 34.8 Å². The van der Waals surface area contributed by atoms with Gasteiger partial charge in [-0.05, 0) is 51.8 Å². The third-order valence-electron chi connectivity index (χ3n) is 2.93. The van der Waals surface area contributed by atoms with Gasteiger partial charge in [-0.2, -0.15) is 5.10 Å². The van der Waals surface area contributed by atoms with E-state index in [-0.39, 0.29) is 24.0 Å². The summed E-state index contributed by atoms with van der Waals surface area (Å²) in [5.74, 6) is -1.42. The Morgan fingerprint density at radius 2 is 1.88 bits per heavy atom. The zero-order chi connectivity index (χ0) is 17.5. The van der Waals surface area contributed by atoms with Crippen molar-refractivity contribution >= 4 is 34.0 Å². The zero-order valence-electron chi connectivity index (χ0n) is 12.4. The van der Waals surface area contributed by atoms with Crippen LogP contribution in [0.4, 0.5) is 0 Å². The number of aromatic hydroxyl groups is 2. The Labute approximate surface area is 146 Å². The number of hydrogen-bond donors (Lipinski definition) is 4. The Balaban J connectivity index is 1.83. The van der Waals surface area contributed by atoms with Gasteiger partial charge in [0.05, 0.1) is 18.3 Å². The Hall–Kier alpha value is -2.87. The molecule has 0 heterocycles. The molecule has 0 atom stereocenters. The average molecular weight is 392 g/mol. The van der Waals surface area contributed by atoms with Gasteiger partial charge in [-0.15, -0.1) is 0 Å². The second-order valence-corrected chi connectivity index (χ2v) is 5.56. The highest BCUT2D eigenvalue weighted by Crippen LogP contribution is 2.23. The van der Waals surface area contributed by atoms with Crippen LogP contribution < -0.4 is 10.7 Å². The molecule has 0 saturated carbocycles. The quantitative estimate of drug-likeness (QED) is 0.353. The lowest BCUT2D eigenvalue weighted by Gasteiger charge is -2.05. The van der Waals surface area contributed by atoms with E-state index in [1.54, 1.807) is 24.3 Å². The molecule has 8 heteroatoms. The van der Waals surface area contributed by atoms with Gasteiger partial charge >= 0.3 is 0 Å². The van der Waals surface area contributed by atoms with Gasteiger partial charge in [0.2, 0.25) is 0 Å². The number of phenols is 2. The van der Waals surface area contributed by atoms with E-state index in [0.717, 1.165) is 0 Å². The summed E-state index contributed by atoms with van der Waals surface area (Å²) in [6.45, 7) is -0.238. The highest BCUT2D eigenvalue weighted by Gasteiger charge is 2.10. The number of rotatable bonds is 5. The second-order valence-electron chi connectivity index (χ2n) is 4.70. The molecular formula is C16H14BrN3O4. The van der Waals surface area contributed by atoms with E-state index >= 15 is 0 Å². The molecule has 2 amide bonds. The van der Waals surface area contributed by atoms with Crippen molar-refractivity contribution in [1.29, 1.82) is 0 Å². The maximum absolute atomic E-state index is 11.9. The van der Waals surface area contributed by atoms with Gasteiger partial charge in [-0.1, -0.05) is 12.1 Å². The zero-order valence-corrected chi connectivity index (χ0v) is 13.9. The molecule has 124 valence electrons. The summed E-state index contributed by atoms with van der Waals surface area (Å²) in [5, 5.41) is 24.7. The van der Waals surface area contributed by atoms with Crippen LogP contribution in [0.1, 0.15) is 15.9 Å². The summed E-state index contributed by atoms with van der Waals surface area (Å²) in [7, 11) is 0. The van der Waals surface area contributed by atoms with E-state index in [0.29, 0.717) is 15.6 Å². The molecule has 0 aliphatic carbocycles. The first kappa shape index (κ1) is 17.5. The largest absolute Gasteiger partial charge is 0.504 e. The standard InChI is InChI=1S/C16H14BrN3O4/c17-12-4-2-1-3-11(12)16(24)18-9-15(23)20-19-8-10-5-6-13(21)14(22)7-10/h1-8,21-22H,9H2,(H,18,24)(H,20,23). The molecule has 2 aromatic rings. The molecular weight excluding hydrogens is 378 g/mol. The summed E-state index contributed by atoms with van der Waals surface area (Å²) in [4.78, 5) is 23.6. The van der Waals surface area contributed by atoms with Gasteiger partial charge in [-0.25, -0.2) is 5.43 Å². The topological polar surface area (TPSA) is 111 Å². The van der Waals surface area contributed by atoms with Crippen molar-refractivity contribution in [2.75, 3.05) is 6.54 Å². The molecule has 0 radical (unpaired) electrons. The molecule has 0 aliphatic heterocycles. The van der Waals surface area contributed by atoms with Crippen molar-refractivity contribution in [2.45, 2.75) is 0 Å². The highest BCUT2D eigenvalue weighted by atomic mass is 79.9. The van der Waals surface area contributed by atoms with Crippen molar-refractivity contribution in [2.24, 2.45) is 5.10 Å². The predicted octanol–water partition coefficient (Wildman–Crippen LogP) is 1.74.